The van der Waals surface area contributed by atoms with Crippen LogP contribution in [0.5, 0.6) is 0 Å². The molecule has 4 aromatic heterocycles. The van der Waals surface area contributed by atoms with E-state index in [0.717, 1.165) is 83.8 Å². The van der Waals surface area contributed by atoms with Crippen LogP contribution in [0, 0.1) is 0 Å². The van der Waals surface area contributed by atoms with Crippen LogP contribution in [0.2, 0.25) is 0 Å². The Hall–Kier alpha value is -7.70. The molecule has 6 heteroatoms. The Morgan fingerprint density at radius 1 is 0.339 bits per heavy atom. The van der Waals surface area contributed by atoms with E-state index in [4.69, 9.17) is 14.6 Å². The molecule has 0 saturated heterocycles. The third kappa shape index (κ3) is 4.38. The lowest BCUT2D eigenvalue weighted by Crippen LogP contribution is -2.03. The molecule has 12 rings (SSSR count). The van der Waals surface area contributed by atoms with Crippen LogP contribution in [-0.4, -0.2) is 23.9 Å². The van der Waals surface area contributed by atoms with Crippen molar-refractivity contribution in [1.29, 1.82) is 0 Å². The summed E-state index contributed by atoms with van der Waals surface area (Å²) in [5.74, 6) is 1.57. The number of hydrogen-bond acceptors (Lipinski definition) is 3. The van der Waals surface area contributed by atoms with Crippen LogP contribution < -0.4 is 0 Å². The Bertz CT molecular complexity index is 3480. The van der Waals surface area contributed by atoms with Gasteiger partial charge in [-0.1, -0.05) is 127 Å². The maximum atomic E-state index is 6.39. The van der Waals surface area contributed by atoms with Crippen molar-refractivity contribution in [2.45, 2.75) is 0 Å². The van der Waals surface area contributed by atoms with Gasteiger partial charge in [0.1, 0.15) is 11.2 Å². The van der Waals surface area contributed by atoms with Crippen LogP contribution in [0.25, 0.3) is 105 Å². The lowest BCUT2D eigenvalue weighted by atomic mass is 10.1. The van der Waals surface area contributed by atoms with Crippen molar-refractivity contribution in [1.82, 2.24) is 23.9 Å². The van der Waals surface area contributed by atoms with Crippen molar-refractivity contribution in [3.05, 3.63) is 188 Å². The van der Waals surface area contributed by atoms with Crippen LogP contribution in [-0.2, 0) is 0 Å². The Morgan fingerprint density at radius 3 is 1.68 bits per heavy atom. The molecule has 0 atom stereocenters. The molecule has 0 N–H and O–H groups in total. The van der Waals surface area contributed by atoms with Crippen LogP contribution in [0.1, 0.15) is 0 Å². The smallest absolute Gasteiger partial charge is 0.168 e. The van der Waals surface area contributed by atoms with E-state index < -0.39 is 0 Å². The summed E-state index contributed by atoms with van der Waals surface area (Å²) < 4.78 is 13.4. The van der Waals surface area contributed by atoms with Gasteiger partial charge in [0.15, 0.2) is 11.6 Å². The largest absolute Gasteiger partial charge is 0.456 e. The molecular weight excluding hydrogens is 687 g/mol. The molecule has 262 valence electrons. The van der Waals surface area contributed by atoms with E-state index in [2.05, 4.69) is 171 Å². The zero-order valence-corrected chi connectivity index (χ0v) is 30.0. The fraction of sp³-hybridized carbons (Fsp3) is 0. The van der Waals surface area contributed by atoms with Gasteiger partial charge in [0.25, 0.3) is 0 Å². The Balaban J connectivity index is 1.14. The monoisotopic (exact) mass is 717 g/mol. The summed E-state index contributed by atoms with van der Waals surface area (Å²) in [5.41, 5.74) is 11.4. The molecule has 0 fully saturated rings. The summed E-state index contributed by atoms with van der Waals surface area (Å²) in [4.78, 5) is 0. The maximum Gasteiger partial charge on any atom is 0.168 e. The number of rotatable bonds is 5. The maximum absolute atomic E-state index is 6.39. The Labute approximate surface area is 320 Å². The third-order valence-electron chi connectivity index (χ3n) is 11.2. The fourth-order valence-corrected chi connectivity index (χ4v) is 8.81. The standard InChI is InChI=1S/C50H31N5O/c1-3-15-32(16-4-1)49-51-52-50(53(49)34-17-5-2-6-18-34)33-27-28-36-35-19-7-10-22-39(35)55(44(36)31-33)42-25-13-12-24-41(42)54-40-23-11-8-20-37(40)47-43(54)29-30-46-48(47)38-21-9-14-26-45(38)56-46/h1-31H. The minimum Gasteiger partial charge on any atom is -0.456 e. The van der Waals surface area contributed by atoms with Gasteiger partial charge in [-0.3, -0.25) is 4.57 Å². The summed E-state index contributed by atoms with van der Waals surface area (Å²) in [7, 11) is 0. The SMILES string of the molecule is c1ccc(-c2nnc(-c3ccc4c5ccccc5n(-c5ccccc5-n5c6ccccc6c6c7c(ccc65)oc5ccccc57)c4c3)n2-c2ccccc2)cc1. The lowest BCUT2D eigenvalue weighted by molar-refractivity contribution is 0.669. The minimum atomic E-state index is 0.779. The average Bonchev–Trinajstić information content (AvgIpc) is 4.03. The lowest BCUT2D eigenvalue weighted by Gasteiger charge is -2.17. The molecule has 0 amide bonds. The predicted molar refractivity (Wildman–Crippen MR) is 228 cm³/mol. The first-order chi connectivity index (χ1) is 27.8. The third-order valence-corrected chi connectivity index (χ3v) is 11.2. The number of furan rings is 1. The number of hydrogen-bond donors (Lipinski definition) is 0. The highest BCUT2D eigenvalue weighted by Crippen LogP contribution is 2.43. The number of fused-ring (bicyclic) bond motifs is 10. The van der Waals surface area contributed by atoms with E-state index in [9.17, 15) is 0 Å². The van der Waals surface area contributed by atoms with E-state index in [1.165, 1.54) is 21.5 Å². The van der Waals surface area contributed by atoms with E-state index >= 15 is 0 Å². The topological polar surface area (TPSA) is 53.7 Å². The Morgan fingerprint density at radius 2 is 0.911 bits per heavy atom. The van der Waals surface area contributed by atoms with Crippen molar-refractivity contribution in [3.63, 3.8) is 0 Å². The summed E-state index contributed by atoms with van der Waals surface area (Å²) in [6, 6.07) is 66.2. The van der Waals surface area contributed by atoms with Gasteiger partial charge >= 0.3 is 0 Å². The summed E-state index contributed by atoms with van der Waals surface area (Å²) >= 11 is 0. The van der Waals surface area contributed by atoms with E-state index in [1.807, 2.05) is 30.3 Å². The van der Waals surface area contributed by atoms with Crippen LogP contribution in [0.3, 0.4) is 0 Å². The van der Waals surface area contributed by atoms with E-state index in [1.54, 1.807) is 0 Å². The highest BCUT2D eigenvalue weighted by atomic mass is 16.3. The molecule has 0 bridgehead atoms. The number of benzene rings is 8. The minimum absolute atomic E-state index is 0.779. The van der Waals surface area contributed by atoms with Crippen LogP contribution >= 0.6 is 0 Å². The Kier molecular flexibility index (Phi) is 6.53. The zero-order valence-electron chi connectivity index (χ0n) is 30.0. The normalized spacial score (nSPS) is 11.9. The quantitative estimate of drug-likeness (QED) is 0.178. The number of para-hydroxylation sites is 6. The molecule has 0 spiro atoms. The molecule has 0 aliphatic rings. The summed E-state index contributed by atoms with van der Waals surface area (Å²) in [6.45, 7) is 0. The van der Waals surface area contributed by atoms with Crippen molar-refractivity contribution >= 4 is 65.6 Å². The second-order valence-corrected chi connectivity index (χ2v) is 14.2. The van der Waals surface area contributed by atoms with Gasteiger partial charge in [-0.05, 0) is 60.7 Å². The molecule has 0 saturated carbocycles. The van der Waals surface area contributed by atoms with Gasteiger partial charge in [0, 0.05) is 49.1 Å². The second-order valence-electron chi connectivity index (χ2n) is 14.2. The highest BCUT2D eigenvalue weighted by Gasteiger charge is 2.23. The molecule has 0 aliphatic carbocycles. The van der Waals surface area contributed by atoms with Gasteiger partial charge in [-0.2, -0.15) is 0 Å². The molecule has 0 aliphatic heterocycles. The highest BCUT2D eigenvalue weighted by molar-refractivity contribution is 6.27. The first-order valence-corrected chi connectivity index (χ1v) is 18.8. The van der Waals surface area contributed by atoms with Gasteiger partial charge in [-0.15, -0.1) is 10.2 Å². The van der Waals surface area contributed by atoms with Crippen molar-refractivity contribution < 1.29 is 4.42 Å². The molecule has 8 aromatic carbocycles. The summed E-state index contributed by atoms with van der Waals surface area (Å²) in [6.07, 6.45) is 0. The van der Waals surface area contributed by atoms with Gasteiger partial charge < -0.3 is 13.6 Å². The number of aromatic nitrogens is 5. The van der Waals surface area contributed by atoms with Crippen LogP contribution in [0.4, 0.5) is 0 Å². The van der Waals surface area contributed by atoms with Gasteiger partial charge in [0.2, 0.25) is 0 Å². The first-order valence-electron chi connectivity index (χ1n) is 18.8. The summed E-state index contributed by atoms with van der Waals surface area (Å²) in [5, 5.41) is 16.6. The molecule has 0 radical (unpaired) electrons. The molecular formula is C50H31N5O. The van der Waals surface area contributed by atoms with Gasteiger partial charge in [0.05, 0.1) is 33.4 Å². The molecule has 12 aromatic rings. The average molecular weight is 718 g/mol. The first kappa shape index (κ1) is 30.7. The predicted octanol–water partition coefficient (Wildman–Crippen LogP) is 12.7. The van der Waals surface area contributed by atoms with E-state index in [0.29, 0.717) is 0 Å². The molecule has 4 heterocycles. The molecule has 56 heavy (non-hydrogen) atoms. The molecule has 0 unspecified atom stereocenters. The second kappa shape index (κ2) is 11.9. The fourth-order valence-electron chi connectivity index (χ4n) is 8.81. The van der Waals surface area contributed by atoms with E-state index in [-0.39, 0.29) is 0 Å². The van der Waals surface area contributed by atoms with Crippen LogP contribution in [0.15, 0.2) is 192 Å². The van der Waals surface area contributed by atoms with Crippen molar-refractivity contribution in [2.75, 3.05) is 0 Å². The molecule has 6 nitrogen and oxygen atoms in total. The number of nitrogens with zero attached hydrogens (tertiary/aromatic N) is 5. The van der Waals surface area contributed by atoms with Crippen molar-refractivity contribution in [2.24, 2.45) is 0 Å². The van der Waals surface area contributed by atoms with Gasteiger partial charge in [-0.25, -0.2) is 0 Å². The van der Waals surface area contributed by atoms with Crippen molar-refractivity contribution in [3.8, 4) is 39.8 Å². The zero-order chi connectivity index (χ0) is 36.7.